The molecule has 0 saturated carbocycles. The van der Waals surface area contributed by atoms with Crippen molar-refractivity contribution >= 4 is 28.4 Å². The molecule has 0 aliphatic carbocycles. The summed E-state index contributed by atoms with van der Waals surface area (Å²) in [5.41, 5.74) is 2.14. The van der Waals surface area contributed by atoms with Crippen molar-refractivity contribution in [1.82, 2.24) is 14.9 Å². The van der Waals surface area contributed by atoms with Gasteiger partial charge in [-0.05, 0) is 37.0 Å². The van der Waals surface area contributed by atoms with Gasteiger partial charge in [-0.3, -0.25) is 9.59 Å². The Balaban J connectivity index is 1.50. The van der Waals surface area contributed by atoms with Gasteiger partial charge in [-0.15, -0.1) is 0 Å². The van der Waals surface area contributed by atoms with Crippen LogP contribution in [0.15, 0.2) is 48.8 Å². The molecule has 2 aromatic heterocycles. The number of hydrogen-bond acceptors (Lipinski definition) is 4. The third kappa shape index (κ3) is 4.14. The van der Waals surface area contributed by atoms with E-state index in [2.05, 4.69) is 15.6 Å². The van der Waals surface area contributed by atoms with E-state index in [4.69, 9.17) is 4.74 Å². The highest BCUT2D eigenvalue weighted by molar-refractivity contribution is 6.14. The SMILES string of the molecule is Cn1cc(C(=O)Nc2cccnc2C(=O)NCC2CCOCC2)c2ccccc21. The lowest BCUT2D eigenvalue weighted by Gasteiger charge is -2.22. The van der Waals surface area contributed by atoms with Crippen molar-refractivity contribution in [2.75, 3.05) is 25.1 Å². The number of aryl methyl sites for hydroxylation is 1. The number of fused-ring (bicyclic) bond motifs is 1. The van der Waals surface area contributed by atoms with Gasteiger partial charge in [0, 0.05) is 50.1 Å². The largest absolute Gasteiger partial charge is 0.381 e. The molecular weight excluding hydrogens is 368 g/mol. The number of nitrogens with one attached hydrogen (secondary N) is 2. The Morgan fingerprint density at radius 1 is 1.14 bits per heavy atom. The molecular formula is C22H24N4O3. The van der Waals surface area contributed by atoms with E-state index in [-0.39, 0.29) is 17.5 Å². The molecule has 150 valence electrons. The van der Waals surface area contributed by atoms with Gasteiger partial charge in [0.1, 0.15) is 0 Å². The molecule has 1 aliphatic heterocycles. The Labute approximate surface area is 169 Å². The standard InChI is InChI=1S/C22H24N4O3/c1-26-14-17(16-5-2-3-7-19(16)26)21(27)25-18-6-4-10-23-20(18)22(28)24-13-15-8-11-29-12-9-15/h2-7,10,14-15H,8-9,11-13H2,1H3,(H,24,28)(H,25,27). The highest BCUT2D eigenvalue weighted by Gasteiger charge is 2.20. The van der Waals surface area contributed by atoms with Crippen LogP contribution in [0.25, 0.3) is 10.9 Å². The smallest absolute Gasteiger partial charge is 0.272 e. The predicted octanol–water partition coefficient (Wildman–Crippen LogP) is 2.98. The van der Waals surface area contributed by atoms with E-state index in [9.17, 15) is 9.59 Å². The zero-order chi connectivity index (χ0) is 20.2. The normalized spacial score (nSPS) is 14.7. The Morgan fingerprint density at radius 2 is 1.93 bits per heavy atom. The predicted molar refractivity (Wildman–Crippen MR) is 111 cm³/mol. The molecule has 0 atom stereocenters. The lowest BCUT2D eigenvalue weighted by molar-refractivity contribution is 0.0642. The lowest BCUT2D eigenvalue weighted by Crippen LogP contribution is -2.33. The van der Waals surface area contributed by atoms with Crippen molar-refractivity contribution in [3.63, 3.8) is 0 Å². The second kappa shape index (κ2) is 8.45. The molecule has 0 bridgehead atoms. The van der Waals surface area contributed by atoms with Crippen molar-refractivity contribution in [3.8, 4) is 0 Å². The summed E-state index contributed by atoms with van der Waals surface area (Å²) in [4.78, 5) is 29.8. The van der Waals surface area contributed by atoms with Crippen LogP contribution in [0.4, 0.5) is 5.69 Å². The van der Waals surface area contributed by atoms with E-state index in [0.29, 0.717) is 23.7 Å². The van der Waals surface area contributed by atoms with Gasteiger partial charge >= 0.3 is 0 Å². The van der Waals surface area contributed by atoms with Crippen molar-refractivity contribution in [2.45, 2.75) is 12.8 Å². The number of aromatic nitrogens is 2. The number of ether oxygens (including phenoxy) is 1. The fourth-order valence-electron chi connectivity index (χ4n) is 3.67. The molecule has 0 spiro atoms. The first-order valence-electron chi connectivity index (χ1n) is 9.80. The van der Waals surface area contributed by atoms with Gasteiger partial charge in [-0.2, -0.15) is 0 Å². The van der Waals surface area contributed by atoms with E-state index < -0.39 is 0 Å². The topological polar surface area (TPSA) is 85.2 Å². The number of anilines is 1. The van der Waals surface area contributed by atoms with Crippen LogP contribution in [0.2, 0.25) is 0 Å². The zero-order valence-corrected chi connectivity index (χ0v) is 16.4. The molecule has 1 fully saturated rings. The maximum absolute atomic E-state index is 12.9. The average Bonchev–Trinajstić information content (AvgIpc) is 3.10. The lowest BCUT2D eigenvalue weighted by atomic mass is 10.0. The fourth-order valence-corrected chi connectivity index (χ4v) is 3.67. The number of rotatable bonds is 5. The molecule has 0 radical (unpaired) electrons. The molecule has 0 unspecified atom stereocenters. The van der Waals surface area contributed by atoms with Crippen molar-refractivity contribution in [1.29, 1.82) is 0 Å². The summed E-state index contributed by atoms with van der Waals surface area (Å²) in [6, 6.07) is 11.1. The van der Waals surface area contributed by atoms with Crippen LogP contribution < -0.4 is 10.6 Å². The van der Waals surface area contributed by atoms with Crippen molar-refractivity contribution in [3.05, 3.63) is 60.0 Å². The van der Waals surface area contributed by atoms with Crippen molar-refractivity contribution < 1.29 is 14.3 Å². The Hall–Kier alpha value is -3.19. The van der Waals surface area contributed by atoms with Gasteiger partial charge in [0.2, 0.25) is 0 Å². The van der Waals surface area contributed by atoms with E-state index in [1.165, 1.54) is 0 Å². The molecule has 1 aliphatic rings. The molecule has 1 aromatic carbocycles. The van der Waals surface area contributed by atoms with E-state index in [0.717, 1.165) is 37.0 Å². The van der Waals surface area contributed by atoms with E-state index in [1.807, 2.05) is 35.9 Å². The highest BCUT2D eigenvalue weighted by atomic mass is 16.5. The summed E-state index contributed by atoms with van der Waals surface area (Å²) in [5.74, 6) is -0.149. The molecule has 3 heterocycles. The quantitative estimate of drug-likeness (QED) is 0.699. The van der Waals surface area contributed by atoms with Crippen LogP contribution in [0.5, 0.6) is 0 Å². The summed E-state index contributed by atoms with van der Waals surface area (Å²) in [5, 5.41) is 6.66. The van der Waals surface area contributed by atoms with Crippen molar-refractivity contribution in [2.24, 2.45) is 13.0 Å². The molecule has 7 nitrogen and oxygen atoms in total. The van der Waals surface area contributed by atoms with E-state index in [1.54, 1.807) is 24.5 Å². The third-order valence-electron chi connectivity index (χ3n) is 5.30. The molecule has 7 heteroatoms. The Bertz CT molecular complexity index is 1040. The average molecular weight is 392 g/mol. The number of hydrogen-bond donors (Lipinski definition) is 2. The Kier molecular flexibility index (Phi) is 5.57. The summed E-state index contributed by atoms with van der Waals surface area (Å²) in [6.45, 7) is 2.04. The van der Waals surface area contributed by atoms with Gasteiger partial charge in [-0.1, -0.05) is 18.2 Å². The van der Waals surface area contributed by atoms with Gasteiger partial charge in [0.25, 0.3) is 11.8 Å². The van der Waals surface area contributed by atoms with Gasteiger partial charge in [0.05, 0.1) is 11.3 Å². The number of carbonyl (C=O) groups excluding carboxylic acids is 2. The minimum Gasteiger partial charge on any atom is -0.381 e. The van der Waals surface area contributed by atoms with Crippen LogP contribution in [0.1, 0.15) is 33.7 Å². The summed E-state index contributed by atoms with van der Waals surface area (Å²) < 4.78 is 7.27. The molecule has 1 saturated heterocycles. The second-order valence-corrected chi connectivity index (χ2v) is 7.29. The van der Waals surface area contributed by atoms with Gasteiger partial charge < -0.3 is 19.9 Å². The number of benzene rings is 1. The molecule has 4 rings (SSSR count). The minimum atomic E-state index is -0.287. The van der Waals surface area contributed by atoms with Crippen LogP contribution in [-0.2, 0) is 11.8 Å². The fraction of sp³-hybridized carbons (Fsp3) is 0.318. The van der Waals surface area contributed by atoms with Gasteiger partial charge in [0.15, 0.2) is 5.69 Å². The molecule has 2 N–H and O–H groups in total. The van der Waals surface area contributed by atoms with Crippen LogP contribution in [0.3, 0.4) is 0 Å². The molecule has 29 heavy (non-hydrogen) atoms. The first-order chi connectivity index (χ1) is 14.1. The third-order valence-corrected chi connectivity index (χ3v) is 5.30. The summed E-state index contributed by atoms with van der Waals surface area (Å²) >= 11 is 0. The molecule has 2 amide bonds. The van der Waals surface area contributed by atoms with Crippen LogP contribution >= 0.6 is 0 Å². The molecule has 3 aromatic rings. The summed E-state index contributed by atoms with van der Waals surface area (Å²) in [6.07, 6.45) is 5.22. The monoisotopic (exact) mass is 392 g/mol. The maximum atomic E-state index is 12.9. The zero-order valence-electron chi connectivity index (χ0n) is 16.4. The summed E-state index contributed by atoms with van der Waals surface area (Å²) in [7, 11) is 1.90. The van der Waals surface area contributed by atoms with Gasteiger partial charge in [-0.25, -0.2) is 4.98 Å². The number of pyridine rings is 1. The minimum absolute atomic E-state index is 0.216. The number of carbonyl (C=O) groups is 2. The Morgan fingerprint density at radius 3 is 2.76 bits per heavy atom. The number of amides is 2. The number of nitrogens with zero attached hydrogens (tertiary/aromatic N) is 2. The first kappa shape index (κ1) is 19.1. The van der Waals surface area contributed by atoms with Crippen LogP contribution in [-0.4, -0.2) is 41.1 Å². The first-order valence-corrected chi connectivity index (χ1v) is 9.80. The maximum Gasteiger partial charge on any atom is 0.272 e. The van der Waals surface area contributed by atoms with E-state index >= 15 is 0 Å². The van der Waals surface area contributed by atoms with Crippen LogP contribution in [0, 0.1) is 5.92 Å². The highest BCUT2D eigenvalue weighted by Crippen LogP contribution is 2.22. The second-order valence-electron chi connectivity index (χ2n) is 7.29. The number of para-hydroxylation sites is 1.